The van der Waals surface area contributed by atoms with Gasteiger partial charge in [0, 0.05) is 25.3 Å². The molecular weight excluding hydrogens is 331 g/mol. The first kappa shape index (κ1) is 18.1. The smallest absolute Gasteiger partial charge is 0.328 e. The largest absolute Gasteiger partial charge is 0.433 e. The second kappa shape index (κ2) is 6.47. The second-order valence-corrected chi connectivity index (χ2v) is 6.56. The number of nitrogens with zero attached hydrogens (tertiary/aromatic N) is 2. The molecule has 1 fully saturated rings. The number of piperidine rings is 1. The maximum Gasteiger partial charge on any atom is 0.433 e. The zero-order valence-corrected chi connectivity index (χ0v) is 12.5. The molecule has 2 rings (SSSR count). The molecule has 1 aliphatic rings. The molecule has 0 aliphatic carbocycles. The molecule has 1 aliphatic heterocycles. The van der Waals surface area contributed by atoms with Crippen LogP contribution in [0.25, 0.3) is 0 Å². The summed E-state index contributed by atoms with van der Waals surface area (Å²) in [5.41, 5.74) is 4.57. The highest BCUT2D eigenvalue weighted by Gasteiger charge is 2.34. The number of hydrogen-bond acceptors (Lipinski definition) is 4. The van der Waals surface area contributed by atoms with E-state index in [1.165, 1.54) is 4.31 Å². The first-order valence-electron chi connectivity index (χ1n) is 6.00. The lowest BCUT2D eigenvalue weighted by molar-refractivity contribution is -0.141. The van der Waals surface area contributed by atoms with E-state index in [1.54, 1.807) is 0 Å². The van der Waals surface area contributed by atoms with Gasteiger partial charge in [0.05, 0.1) is 0 Å². The van der Waals surface area contributed by atoms with Crippen LogP contribution in [0.3, 0.4) is 0 Å². The van der Waals surface area contributed by atoms with Crippen LogP contribution < -0.4 is 5.73 Å². The summed E-state index contributed by atoms with van der Waals surface area (Å²) >= 11 is 0. The van der Waals surface area contributed by atoms with Crippen LogP contribution >= 0.6 is 12.4 Å². The van der Waals surface area contributed by atoms with Crippen molar-refractivity contribution in [1.82, 2.24) is 9.29 Å². The molecule has 10 heteroatoms. The zero-order valence-electron chi connectivity index (χ0n) is 10.9. The van der Waals surface area contributed by atoms with Crippen molar-refractivity contribution in [1.29, 1.82) is 0 Å². The highest BCUT2D eigenvalue weighted by molar-refractivity contribution is 7.89. The molecular formula is C11H15ClF3N3O2S. The minimum Gasteiger partial charge on any atom is -0.328 e. The predicted molar refractivity (Wildman–Crippen MR) is 72.5 cm³/mol. The monoisotopic (exact) mass is 345 g/mol. The molecule has 0 radical (unpaired) electrons. The van der Waals surface area contributed by atoms with Gasteiger partial charge in [0.2, 0.25) is 10.0 Å². The standard InChI is InChI=1S/C11H14F3N3O2S.ClH/c12-11(13,14)10-2-1-9(7-16-10)20(18,19)17-5-3-8(15)4-6-17;/h1-2,7-8H,3-6,15H2;1H. The Kier molecular flexibility index (Phi) is 5.59. The first-order chi connectivity index (χ1) is 9.21. The molecule has 2 heterocycles. The lowest BCUT2D eigenvalue weighted by Gasteiger charge is -2.29. The molecule has 1 aromatic heterocycles. The van der Waals surface area contributed by atoms with Crippen LogP contribution in [0.4, 0.5) is 13.2 Å². The van der Waals surface area contributed by atoms with Crippen LogP contribution in [-0.4, -0.2) is 36.8 Å². The van der Waals surface area contributed by atoms with E-state index >= 15 is 0 Å². The fraction of sp³-hybridized carbons (Fsp3) is 0.545. The Morgan fingerprint density at radius 2 is 1.81 bits per heavy atom. The summed E-state index contributed by atoms with van der Waals surface area (Å²) < 4.78 is 62.8. The molecule has 0 spiro atoms. The minimum absolute atomic E-state index is 0. The van der Waals surface area contributed by atoms with Gasteiger partial charge in [0.25, 0.3) is 0 Å². The fourth-order valence-corrected chi connectivity index (χ4v) is 3.38. The van der Waals surface area contributed by atoms with Gasteiger partial charge in [-0.1, -0.05) is 0 Å². The van der Waals surface area contributed by atoms with Crippen LogP contribution in [0.15, 0.2) is 23.2 Å². The Balaban J connectivity index is 0.00000220. The summed E-state index contributed by atoms with van der Waals surface area (Å²) in [6, 6.07) is 1.56. The summed E-state index contributed by atoms with van der Waals surface area (Å²) in [7, 11) is -3.80. The van der Waals surface area contributed by atoms with Gasteiger partial charge < -0.3 is 5.73 Å². The number of nitrogens with two attached hydrogens (primary N) is 1. The van der Waals surface area contributed by atoms with Gasteiger partial charge in [0.1, 0.15) is 10.6 Å². The molecule has 21 heavy (non-hydrogen) atoms. The van der Waals surface area contributed by atoms with E-state index in [4.69, 9.17) is 5.73 Å². The van der Waals surface area contributed by atoms with Crippen molar-refractivity contribution in [3.8, 4) is 0 Å². The van der Waals surface area contributed by atoms with E-state index in [0.717, 1.165) is 12.3 Å². The van der Waals surface area contributed by atoms with Gasteiger partial charge in [-0.3, -0.25) is 4.98 Å². The number of halogens is 4. The topological polar surface area (TPSA) is 76.3 Å². The summed E-state index contributed by atoms with van der Waals surface area (Å²) in [5, 5.41) is 0. The highest BCUT2D eigenvalue weighted by atomic mass is 35.5. The summed E-state index contributed by atoms with van der Waals surface area (Å²) in [5.74, 6) is 0. The van der Waals surface area contributed by atoms with Gasteiger partial charge >= 0.3 is 6.18 Å². The Morgan fingerprint density at radius 1 is 1.24 bits per heavy atom. The molecule has 0 bridgehead atoms. The van der Waals surface area contributed by atoms with Gasteiger partial charge in [-0.05, 0) is 25.0 Å². The van der Waals surface area contributed by atoms with Crippen molar-refractivity contribution < 1.29 is 21.6 Å². The Labute approximate surface area is 126 Å². The van der Waals surface area contributed by atoms with Gasteiger partial charge in [0.15, 0.2) is 0 Å². The third kappa shape index (κ3) is 4.06. The lowest BCUT2D eigenvalue weighted by Crippen LogP contribution is -2.42. The maximum absolute atomic E-state index is 12.4. The number of alkyl halides is 3. The molecule has 2 N–H and O–H groups in total. The number of aromatic nitrogens is 1. The Bertz CT molecular complexity index is 569. The third-order valence-electron chi connectivity index (χ3n) is 3.16. The highest BCUT2D eigenvalue weighted by Crippen LogP contribution is 2.28. The molecule has 0 amide bonds. The molecule has 0 atom stereocenters. The van der Waals surface area contributed by atoms with Gasteiger partial charge in [-0.2, -0.15) is 17.5 Å². The number of pyridine rings is 1. The SMILES string of the molecule is Cl.NC1CCN(S(=O)(=O)c2ccc(C(F)(F)F)nc2)CC1. The zero-order chi connectivity index (χ0) is 15.0. The molecule has 120 valence electrons. The van der Waals surface area contributed by atoms with Crippen molar-refractivity contribution in [2.75, 3.05) is 13.1 Å². The van der Waals surface area contributed by atoms with Gasteiger partial charge in [-0.25, -0.2) is 8.42 Å². The normalized spacial score (nSPS) is 18.3. The number of rotatable bonds is 2. The van der Waals surface area contributed by atoms with Crippen LogP contribution in [-0.2, 0) is 16.2 Å². The summed E-state index contributed by atoms with van der Waals surface area (Å²) in [4.78, 5) is 2.94. The molecule has 0 saturated carbocycles. The van der Waals surface area contributed by atoms with Crippen LogP contribution in [0.5, 0.6) is 0 Å². The average Bonchev–Trinajstić information content (AvgIpc) is 2.38. The molecule has 5 nitrogen and oxygen atoms in total. The van der Waals surface area contributed by atoms with E-state index in [1.807, 2.05) is 0 Å². The van der Waals surface area contributed by atoms with Crippen LogP contribution in [0.1, 0.15) is 18.5 Å². The van der Waals surface area contributed by atoms with Crippen LogP contribution in [0, 0.1) is 0 Å². The van der Waals surface area contributed by atoms with Crippen molar-refractivity contribution in [3.05, 3.63) is 24.0 Å². The van der Waals surface area contributed by atoms with Crippen molar-refractivity contribution in [3.63, 3.8) is 0 Å². The average molecular weight is 346 g/mol. The third-order valence-corrected chi connectivity index (χ3v) is 5.05. The maximum atomic E-state index is 12.4. The second-order valence-electron chi connectivity index (χ2n) is 4.62. The Morgan fingerprint density at radius 3 is 2.24 bits per heavy atom. The Hall–Kier alpha value is -0.900. The summed E-state index contributed by atoms with van der Waals surface area (Å²) in [6.07, 6.45) is -2.77. The van der Waals surface area contributed by atoms with Crippen LogP contribution in [0.2, 0.25) is 0 Å². The molecule has 0 aromatic carbocycles. The quantitative estimate of drug-likeness (QED) is 0.884. The predicted octanol–water partition coefficient (Wildman–Crippen LogP) is 1.63. The molecule has 0 unspecified atom stereocenters. The molecule has 1 saturated heterocycles. The fourth-order valence-electron chi connectivity index (χ4n) is 1.97. The van der Waals surface area contributed by atoms with Crippen molar-refractivity contribution >= 4 is 22.4 Å². The number of sulfonamides is 1. The number of hydrogen-bond donors (Lipinski definition) is 1. The summed E-state index contributed by atoms with van der Waals surface area (Å²) in [6.45, 7) is 0.537. The van der Waals surface area contributed by atoms with Crippen molar-refractivity contribution in [2.45, 2.75) is 30.0 Å². The van der Waals surface area contributed by atoms with E-state index in [0.29, 0.717) is 18.9 Å². The van der Waals surface area contributed by atoms with Crippen molar-refractivity contribution in [2.24, 2.45) is 5.73 Å². The van der Waals surface area contributed by atoms with E-state index in [9.17, 15) is 21.6 Å². The van der Waals surface area contributed by atoms with Gasteiger partial charge in [-0.15, -0.1) is 12.4 Å². The van der Waals surface area contributed by atoms with E-state index in [-0.39, 0.29) is 36.4 Å². The minimum atomic E-state index is -4.58. The first-order valence-corrected chi connectivity index (χ1v) is 7.44. The molecule has 1 aromatic rings. The van der Waals surface area contributed by atoms with E-state index in [2.05, 4.69) is 4.98 Å². The lowest BCUT2D eigenvalue weighted by atomic mass is 10.1. The van der Waals surface area contributed by atoms with E-state index < -0.39 is 21.9 Å².